The minimum absolute atomic E-state index is 0.224. The summed E-state index contributed by atoms with van der Waals surface area (Å²) >= 11 is 0. The summed E-state index contributed by atoms with van der Waals surface area (Å²) in [7, 11) is 0. The average molecular weight is 223 g/mol. The lowest BCUT2D eigenvalue weighted by molar-refractivity contribution is 0.105. The molecule has 0 aliphatic carbocycles. The Morgan fingerprint density at radius 1 is 1.56 bits per heavy atom. The Hall–Kier alpha value is -1.26. The summed E-state index contributed by atoms with van der Waals surface area (Å²) < 4.78 is 5.59. The predicted molar refractivity (Wildman–Crippen MR) is 61.8 cm³/mol. The van der Waals surface area contributed by atoms with Crippen LogP contribution in [0.4, 0.5) is 5.69 Å². The second kappa shape index (κ2) is 4.72. The van der Waals surface area contributed by atoms with Gasteiger partial charge in [-0.15, -0.1) is 0 Å². The third-order valence-electron chi connectivity index (χ3n) is 2.65. The van der Waals surface area contributed by atoms with Gasteiger partial charge in [-0.1, -0.05) is 0 Å². The van der Waals surface area contributed by atoms with Gasteiger partial charge < -0.3 is 20.3 Å². The van der Waals surface area contributed by atoms with Crippen LogP contribution in [0.3, 0.4) is 0 Å². The van der Waals surface area contributed by atoms with Gasteiger partial charge in [0.2, 0.25) is 0 Å². The fourth-order valence-corrected chi connectivity index (χ4v) is 1.83. The van der Waals surface area contributed by atoms with Crippen LogP contribution in [-0.2, 0) is 6.42 Å². The lowest BCUT2D eigenvalue weighted by atomic mass is 10.1. The van der Waals surface area contributed by atoms with Crippen LogP contribution in [0.25, 0.3) is 0 Å². The van der Waals surface area contributed by atoms with E-state index in [2.05, 4.69) is 5.32 Å². The van der Waals surface area contributed by atoms with Gasteiger partial charge in [-0.05, 0) is 30.7 Å². The van der Waals surface area contributed by atoms with Crippen LogP contribution in [0, 0.1) is 0 Å². The Morgan fingerprint density at radius 2 is 2.38 bits per heavy atom. The number of fused-ring (bicyclic) bond motifs is 1. The van der Waals surface area contributed by atoms with Gasteiger partial charge >= 0.3 is 0 Å². The summed E-state index contributed by atoms with van der Waals surface area (Å²) in [5.74, 6) is 0.945. The first-order valence-electron chi connectivity index (χ1n) is 5.51. The van der Waals surface area contributed by atoms with Gasteiger partial charge in [0.25, 0.3) is 0 Å². The van der Waals surface area contributed by atoms with Gasteiger partial charge in [-0.25, -0.2) is 0 Å². The summed E-state index contributed by atoms with van der Waals surface area (Å²) in [5, 5.41) is 21.0. The van der Waals surface area contributed by atoms with Crippen LogP contribution in [0.1, 0.15) is 12.5 Å². The molecule has 2 atom stereocenters. The molecular formula is C12H17NO3. The van der Waals surface area contributed by atoms with Crippen molar-refractivity contribution in [3.05, 3.63) is 23.8 Å². The Labute approximate surface area is 94.9 Å². The highest BCUT2D eigenvalue weighted by Gasteiger charge is 2.18. The molecule has 0 saturated heterocycles. The first-order valence-corrected chi connectivity index (χ1v) is 5.51. The standard InChI is InChI=1S/C12H17NO3/c1-8-4-9-5-10(2-3-12(9)16-8)13-6-11(15)7-14/h2-3,5,8,11,13-15H,4,6-7H2,1H3. The summed E-state index contributed by atoms with van der Waals surface area (Å²) in [6.07, 6.45) is 0.449. The van der Waals surface area contributed by atoms with E-state index in [1.807, 2.05) is 25.1 Å². The number of aliphatic hydroxyl groups is 2. The van der Waals surface area contributed by atoms with Crippen molar-refractivity contribution in [1.82, 2.24) is 0 Å². The van der Waals surface area contributed by atoms with Crippen molar-refractivity contribution >= 4 is 5.69 Å². The Morgan fingerprint density at radius 3 is 3.12 bits per heavy atom. The van der Waals surface area contributed by atoms with Crippen molar-refractivity contribution < 1.29 is 14.9 Å². The molecule has 0 radical (unpaired) electrons. The molecule has 16 heavy (non-hydrogen) atoms. The van der Waals surface area contributed by atoms with E-state index in [-0.39, 0.29) is 12.7 Å². The smallest absolute Gasteiger partial charge is 0.123 e. The average Bonchev–Trinajstić information content (AvgIpc) is 2.65. The molecule has 88 valence electrons. The molecule has 0 saturated carbocycles. The van der Waals surface area contributed by atoms with E-state index in [9.17, 15) is 5.11 Å². The molecule has 1 aliphatic rings. The SMILES string of the molecule is CC1Cc2cc(NCC(O)CO)ccc2O1. The number of nitrogens with one attached hydrogen (secondary N) is 1. The molecule has 1 aromatic rings. The largest absolute Gasteiger partial charge is 0.490 e. The van der Waals surface area contributed by atoms with Crippen LogP contribution in [0.5, 0.6) is 5.75 Å². The minimum Gasteiger partial charge on any atom is -0.490 e. The maximum absolute atomic E-state index is 9.22. The van der Waals surface area contributed by atoms with Crippen molar-refractivity contribution in [1.29, 1.82) is 0 Å². The van der Waals surface area contributed by atoms with Gasteiger partial charge in [-0.3, -0.25) is 0 Å². The molecule has 4 nitrogen and oxygen atoms in total. The Balaban J connectivity index is 2.00. The zero-order chi connectivity index (χ0) is 11.5. The molecule has 3 N–H and O–H groups in total. The molecular weight excluding hydrogens is 206 g/mol. The molecule has 2 rings (SSSR count). The molecule has 0 fully saturated rings. The third kappa shape index (κ3) is 2.46. The van der Waals surface area contributed by atoms with E-state index in [1.54, 1.807) is 0 Å². The minimum atomic E-state index is -0.719. The van der Waals surface area contributed by atoms with Gasteiger partial charge in [0.15, 0.2) is 0 Å². The quantitative estimate of drug-likeness (QED) is 0.705. The highest BCUT2D eigenvalue weighted by Crippen LogP contribution is 2.30. The number of benzene rings is 1. The number of rotatable bonds is 4. The van der Waals surface area contributed by atoms with Crippen LogP contribution in [0.15, 0.2) is 18.2 Å². The summed E-state index contributed by atoms with van der Waals surface area (Å²) in [6.45, 7) is 2.17. The van der Waals surface area contributed by atoms with Crippen LogP contribution in [0.2, 0.25) is 0 Å². The van der Waals surface area contributed by atoms with E-state index < -0.39 is 6.10 Å². The van der Waals surface area contributed by atoms with Gasteiger partial charge in [0.05, 0.1) is 12.7 Å². The van der Waals surface area contributed by atoms with E-state index in [0.717, 1.165) is 17.9 Å². The van der Waals surface area contributed by atoms with Crippen molar-refractivity contribution in [2.45, 2.75) is 25.6 Å². The predicted octanol–water partition coefficient (Wildman–Crippen LogP) is 0.775. The number of aliphatic hydroxyl groups excluding tert-OH is 2. The first kappa shape index (κ1) is 11.2. The highest BCUT2D eigenvalue weighted by atomic mass is 16.5. The van der Waals surface area contributed by atoms with Crippen LogP contribution >= 0.6 is 0 Å². The van der Waals surface area contributed by atoms with Crippen molar-refractivity contribution in [3.63, 3.8) is 0 Å². The van der Waals surface area contributed by atoms with E-state index in [1.165, 1.54) is 5.56 Å². The van der Waals surface area contributed by atoms with E-state index in [0.29, 0.717) is 6.54 Å². The Kier molecular flexibility index (Phi) is 3.31. The second-order valence-electron chi connectivity index (χ2n) is 4.17. The number of ether oxygens (including phenoxy) is 1. The van der Waals surface area contributed by atoms with Gasteiger partial charge in [0.1, 0.15) is 11.9 Å². The molecule has 1 heterocycles. The monoisotopic (exact) mass is 223 g/mol. The molecule has 0 aromatic heterocycles. The van der Waals surface area contributed by atoms with Crippen molar-refractivity contribution in [2.24, 2.45) is 0 Å². The molecule has 1 aliphatic heterocycles. The third-order valence-corrected chi connectivity index (χ3v) is 2.65. The molecule has 1 aromatic carbocycles. The van der Waals surface area contributed by atoms with Crippen molar-refractivity contribution in [3.8, 4) is 5.75 Å². The van der Waals surface area contributed by atoms with Crippen LogP contribution in [-0.4, -0.2) is 35.6 Å². The number of hydrogen-bond acceptors (Lipinski definition) is 4. The number of hydrogen-bond donors (Lipinski definition) is 3. The zero-order valence-electron chi connectivity index (χ0n) is 9.31. The Bertz CT molecular complexity index is 367. The summed E-state index contributed by atoms with van der Waals surface area (Å²) in [5.41, 5.74) is 2.14. The summed E-state index contributed by atoms with van der Waals surface area (Å²) in [6, 6.07) is 5.89. The van der Waals surface area contributed by atoms with Crippen molar-refractivity contribution in [2.75, 3.05) is 18.5 Å². The molecule has 0 bridgehead atoms. The first-order chi connectivity index (χ1) is 7.69. The maximum atomic E-state index is 9.22. The molecule has 4 heteroatoms. The van der Waals surface area contributed by atoms with Crippen LogP contribution < -0.4 is 10.1 Å². The lowest BCUT2D eigenvalue weighted by Gasteiger charge is -2.10. The van der Waals surface area contributed by atoms with E-state index >= 15 is 0 Å². The zero-order valence-corrected chi connectivity index (χ0v) is 9.31. The summed E-state index contributed by atoms with van der Waals surface area (Å²) in [4.78, 5) is 0. The fourth-order valence-electron chi connectivity index (χ4n) is 1.83. The normalized spacial score (nSPS) is 20.1. The van der Waals surface area contributed by atoms with Gasteiger partial charge in [-0.2, -0.15) is 0 Å². The second-order valence-corrected chi connectivity index (χ2v) is 4.17. The lowest BCUT2D eigenvalue weighted by Crippen LogP contribution is -2.22. The molecule has 0 spiro atoms. The van der Waals surface area contributed by atoms with E-state index in [4.69, 9.17) is 9.84 Å². The fraction of sp³-hybridized carbons (Fsp3) is 0.500. The highest BCUT2D eigenvalue weighted by molar-refractivity contribution is 5.52. The molecule has 0 amide bonds. The molecule has 2 unspecified atom stereocenters. The maximum Gasteiger partial charge on any atom is 0.123 e. The number of anilines is 1. The topological polar surface area (TPSA) is 61.7 Å². The van der Waals surface area contributed by atoms with Gasteiger partial charge in [0, 0.05) is 18.7 Å².